The lowest BCUT2D eigenvalue weighted by atomic mass is 9.69. The van der Waals surface area contributed by atoms with E-state index in [0.29, 0.717) is 6.04 Å². The largest absolute Gasteiger partial charge is 0.393 e. The zero-order valence-corrected chi connectivity index (χ0v) is 8.93. The quantitative estimate of drug-likeness (QED) is 0.599. The van der Waals surface area contributed by atoms with E-state index in [0.717, 1.165) is 12.8 Å². The maximum Gasteiger partial charge on any atom is 0.0572 e. The summed E-state index contributed by atoms with van der Waals surface area (Å²) in [5, 5.41) is 13.5. The summed E-state index contributed by atoms with van der Waals surface area (Å²) in [5.74, 6) is 0. The van der Waals surface area contributed by atoms with Crippen LogP contribution in [0.15, 0.2) is 0 Å². The third kappa shape index (κ3) is 1.40. The van der Waals surface area contributed by atoms with Gasteiger partial charge in [-0.25, -0.2) is 0 Å². The Kier molecular flexibility index (Phi) is 1.97. The maximum atomic E-state index is 9.78. The topological polar surface area (TPSA) is 32.3 Å². The molecule has 2 bridgehead atoms. The van der Waals surface area contributed by atoms with Crippen LogP contribution in [0.3, 0.4) is 0 Å². The number of hydrogen-bond donors (Lipinski definition) is 2. The number of aliphatic hydroxyl groups is 1. The molecule has 13 heavy (non-hydrogen) atoms. The van der Waals surface area contributed by atoms with Gasteiger partial charge in [0.15, 0.2) is 0 Å². The zero-order valence-electron chi connectivity index (χ0n) is 8.93. The maximum absolute atomic E-state index is 9.78. The van der Waals surface area contributed by atoms with E-state index >= 15 is 0 Å². The molecule has 0 saturated carbocycles. The SMILES string of the molecule is CC(C)(C)C12CCC(CC(O)C1)N2. The van der Waals surface area contributed by atoms with Gasteiger partial charge in [-0.05, 0) is 31.1 Å². The molecule has 2 heteroatoms. The summed E-state index contributed by atoms with van der Waals surface area (Å²) in [5.41, 5.74) is 0.471. The lowest BCUT2D eigenvalue weighted by Gasteiger charge is -2.46. The molecular weight excluding hydrogens is 162 g/mol. The number of aliphatic hydroxyl groups excluding tert-OH is 1. The van der Waals surface area contributed by atoms with Gasteiger partial charge in [0.1, 0.15) is 0 Å². The molecule has 2 aliphatic heterocycles. The van der Waals surface area contributed by atoms with E-state index in [2.05, 4.69) is 26.1 Å². The summed E-state index contributed by atoms with van der Waals surface area (Å²) in [6, 6.07) is 0.572. The highest BCUT2D eigenvalue weighted by atomic mass is 16.3. The number of fused-ring (bicyclic) bond motifs is 2. The van der Waals surface area contributed by atoms with E-state index in [-0.39, 0.29) is 17.1 Å². The molecule has 0 amide bonds. The van der Waals surface area contributed by atoms with Crippen LogP contribution < -0.4 is 5.32 Å². The van der Waals surface area contributed by atoms with Gasteiger partial charge in [0.2, 0.25) is 0 Å². The molecule has 2 fully saturated rings. The Bertz CT molecular complexity index is 209. The second kappa shape index (κ2) is 2.71. The fraction of sp³-hybridized carbons (Fsp3) is 1.00. The van der Waals surface area contributed by atoms with Gasteiger partial charge in [0.25, 0.3) is 0 Å². The smallest absolute Gasteiger partial charge is 0.0572 e. The van der Waals surface area contributed by atoms with Gasteiger partial charge in [0, 0.05) is 11.6 Å². The second-order valence-corrected chi connectivity index (χ2v) is 5.81. The van der Waals surface area contributed by atoms with Crippen LogP contribution in [-0.4, -0.2) is 22.8 Å². The molecule has 0 aromatic heterocycles. The van der Waals surface area contributed by atoms with E-state index in [9.17, 15) is 5.11 Å². The first-order chi connectivity index (χ1) is 5.93. The van der Waals surface area contributed by atoms with Crippen molar-refractivity contribution in [3.05, 3.63) is 0 Å². The first-order valence-electron chi connectivity index (χ1n) is 5.39. The molecule has 2 aliphatic rings. The van der Waals surface area contributed by atoms with Gasteiger partial charge in [-0.15, -0.1) is 0 Å². The second-order valence-electron chi connectivity index (χ2n) is 5.81. The van der Waals surface area contributed by atoms with Crippen LogP contribution in [0.5, 0.6) is 0 Å². The average Bonchev–Trinajstić information content (AvgIpc) is 2.26. The normalized spacial score (nSPS) is 45.2. The van der Waals surface area contributed by atoms with Crippen LogP contribution in [0, 0.1) is 5.41 Å². The zero-order chi connectivity index (χ0) is 9.69. The van der Waals surface area contributed by atoms with E-state index < -0.39 is 0 Å². The number of rotatable bonds is 0. The Labute approximate surface area is 80.7 Å². The summed E-state index contributed by atoms with van der Waals surface area (Å²) in [6.07, 6.45) is 4.30. The predicted molar refractivity (Wildman–Crippen MR) is 53.6 cm³/mol. The van der Waals surface area contributed by atoms with Crippen molar-refractivity contribution in [2.24, 2.45) is 5.41 Å². The molecule has 0 radical (unpaired) electrons. The molecule has 0 aliphatic carbocycles. The van der Waals surface area contributed by atoms with E-state index in [4.69, 9.17) is 0 Å². The van der Waals surface area contributed by atoms with E-state index in [1.807, 2.05) is 0 Å². The number of piperidine rings is 1. The molecule has 76 valence electrons. The Morgan fingerprint density at radius 2 is 2.08 bits per heavy atom. The van der Waals surface area contributed by atoms with Crippen molar-refractivity contribution in [3.63, 3.8) is 0 Å². The Morgan fingerprint density at radius 3 is 2.69 bits per heavy atom. The minimum Gasteiger partial charge on any atom is -0.393 e. The van der Waals surface area contributed by atoms with Crippen molar-refractivity contribution in [3.8, 4) is 0 Å². The standard InChI is InChI=1S/C11H21NO/c1-10(2,3)11-5-4-8(12-11)6-9(13)7-11/h8-9,12-13H,4-7H2,1-3H3. The molecule has 0 spiro atoms. The first-order valence-corrected chi connectivity index (χ1v) is 5.39. The van der Waals surface area contributed by atoms with Crippen LogP contribution in [-0.2, 0) is 0 Å². The van der Waals surface area contributed by atoms with Gasteiger partial charge >= 0.3 is 0 Å². The Balaban J connectivity index is 2.23. The van der Waals surface area contributed by atoms with E-state index in [1.165, 1.54) is 12.8 Å². The van der Waals surface area contributed by atoms with Gasteiger partial charge < -0.3 is 10.4 Å². The van der Waals surface area contributed by atoms with Gasteiger partial charge in [-0.2, -0.15) is 0 Å². The van der Waals surface area contributed by atoms with Crippen molar-refractivity contribution < 1.29 is 5.11 Å². The van der Waals surface area contributed by atoms with Crippen LogP contribution in [0.2, 0.25) is 0 Å². The fourth-order valence-electron chi connectivity index (χ4n) is 3.01. The molecule has 3 unspecified atom stereocenters. The first kappa shape index (κ1) is 9.47. The van der Waals surface area contributed by atoms with Crippen LogP contribution >= 0.6 is 0 Å². The Hall–Kier alpha value is -0.0800. The van der Waals surface area contributed by atoms with Crippen molar-refractivity contribution in [1.29, 1.82) is 0 Å². The van der Waals surface area contributed by atoms with Crippen molar-refractivity contribution in [1.82, 2.24) is 5.32 Å². The summed E-state index contributed by atoms with van der Waals surface area (Å²) in [4.78, 5) is 0. The highest BCUT2D eigenvalue weighted by Crippen LogP contribution is 2.46. The molecule has 0 aromatic carbocycles. The Morgan fingerprint density at radius 1 is 1.38 bits per heavy atom. The monoisotopic (exact) mass is 183 g/mol. The van der Waals surface area contributed by atoms with Crippen molar-refractivity contribution >= 4 is 0 Å². The summed E-state index contributed by atoms with van der Waals surface area (Å²) >= 11 is 0. The molecule has 2 heterocycles. The van der Waals surface area contributed by atoms with Crippen LogP contribution in [0.25, 0.3) is 0 Å². The van der Waals surface area contributed by atoms with Gasteiger partial charge in [-0.1, -0.05) is 20.8 Å². The third-order valence-corrected chi connectivity index (χ3v) is 3.98. The molecule has 2 N–H and O–H groups in total. The third-order valence-electron chi connectivity index (χ3n) is 3.98. The highest BCUT2D eigenvalue weighted by molar-refractivity contribution is 5.09. The fourth-order valence-corrected chi connectivity index (χ4v) is 3.01. The van der Waals surface area contributed by atoms with E-state index in [1.54, 1.807) is 0 Å². The minimum atomic E-state index is -0.0759. The lowest BCUT2D eigenvalue weighted by molar-refractivity contribution is 0.0297. The summed E-state index contributed by atoms with van der Waals surface area (Å²) in [6.45, 7) is 6.83. The summed E-state index contributed by atoms with van der Waals surface area (Å²) < 4.78 is 0. The van der Waals surface area contributed by atoms with Crippen LogP contribution in [0.1, 0.15) is 46.5 Å². The molecule has 0 aromatic rings. The molecule has 3 atom stereocenters. The summed E-state index contributed by atoms with van der Waals surface area (Å²) in [7, 11) is 0. The van der Waals surface area contributed by atoms with Crippen molar-refractivity contribution in [2.45, 2.75) is 64.1 Å². The minimum absolute atomic E-state index is 0.0759. The number of hydrogen-bond acceptors (Lipinski definition) is 2. The molecule has 2 saturated heterocycles. The number of nitrogens with one attached hydrogen (secondary N) is 1. The molecular formula is C11H21NO. The van der Waals surface area contributed by atoms with Crippen LogP contribution in [0.4, 0.5) is 0 Å². The average molecular weight is 183 g/mol. The highest BCUT2D eigenvalue weighted by Gasteiger charge is 2.51. The molecule has 2 nitrogen and oxygen atoms in total. The van der Waals surface area contributed by atoms with Crippen molar-refractivity contribution in [2.75, 3.05) is 0 Å². The lowest BCUT2D eigenvalue weighted by Crippen LogP contribution is -2.58. The van der Waals surface area contributed by atoms with Gasteiger partial charge in [0.05, 0.1) is 6.10 Å². The van der Waals surface area contributed by atoms with Gasteiger partial charge in [-0.3, -0.25) is 0 Å². The predicted octanol–water partition coefficient (Wildman–Crippen LogP) is 1.68. The molecule has 2 rings (SSSR count).